The molecule has 2 amide bonds. The fourth-order valence-electron chi connectivity index (χ4n) is 2.74. The highest BCUT2D eigenvalue weighted by atomic mass is 32.2. The van der Waals surface area contributed by atoms with E-state index < -0.39 is 28.1 Å². The van der Waals surface area contributed by atoms with Crippen molar-refractivity contribution in [1.82, 2.24) is 9.88 Å². The molecule has 1 unspecified atom stereocenters. The van der Waals surface area contributed by atoms with Crippen LogP contribution in [0.15, 0.2) is 27.6 Å². The molecule has 28 heavy (non-hydrogen) atoms. The van der Waals surface area contributed by atoms with Gasteiger partial charge in [0.2, 0.25) is 15.9 Å². The van der Waals surface area contributed by atoms with E-state index in [0.717, 1.165) is 0 Å². The number of benzene rings is 1. The van der Waals surface area contributed by atoms with E-state index in [4.69, 9.17) is 9.26 Å². The lowest BCUT2D eigenvalue weighted by molar-refractivity contribution is -0.122. The number of aryl methyl sites for hydroxylation is 2. The number of nitrogens with one attached hydrogen (secondary N) is 3. The molecule has 2 aromatic rings. The molecule has 0 fully saturated rings. The van der Waals surface area contributed by atoms with Gasteiger partial charge in [0.25, 0.3) is 5.91 Å². The van der Waals surface area contributed by atoms with Crippen molar-refractivity contribution in [3.05, 3.63) is 29.7 Å². The number of fused-ring (bicyclic) bond motifs is 1. The summed E-state index contributed by atoms with van der Waals surface area (Å²) in [6.07, 6.45) is -0.605. The zero-order valence-electron chi connectivity index (χ0n) is 15.7. The largest absolute Gasteiger partial charge is 0.479 e. The van der Waals surface area contributed by atoms with Gasteiger partial charge in [-0.3, -0.25) is 9.59 Å². The first kappa shape index (κ1) is 19.8. The molecule has 2 atom stereocenters. The Morgan fingerprint density at radius 1 is 1.32 bits per heavy atom. The molecule has 0 bridgehead atoms. The van der Waals surface area contributed by atoms with Crippen molar-refractivity contribution in [2.45, 2.75) is 44.7 Å². The molecule has 1 aromatic heterocycles. The van der Waals surface area contributed by atoms with Crippen LogP contribution in [0.3, 0.4) is 0 Å². The highest BCUT2D eigenvalue weighted by Crippen LogP contribution is 2.32. The number of carbonyl (C=O) groups excluding carboxylic acids is 2. The van der Waals surface area contributed by atoms with Crippen LogP contribution < -0.4 is 20.1 Å². The summed E-state index contributed by atoms with van der Waals surface area (Å²) < 4.78 is 37.6. The van der Waals surface area contributed by atoms with Crippen LogP contribution in [-0.2, 0) is 19.6 Å². The predicted molar refractivity (Wildman–Crippen MR) is 99.6 cm³/mol. The summed E-state index contributed by atoms with van der Waals surface area (Å²) in [4.78, 5) is 24.0. The highest BCUT2D eigenvalue weighted by molar-refractivity contribution is 7.89. The van der Waals surface area contributed by atoms with Gasteiger partial charge in [-0.1, -0.05) is 5.16 Å². The number of nitrogens with zero attached hydrogens (tertiary/aromatic N) is 1. The number of aromatic nitrogens is 1. The molecule has 0 saturated carbocycles. The minimum absolute atomic E-state index is 0.0880. The number of sulfonamides is 1. The molecule has 0 spiro atoms. The minimum atomic E-state index is -3.99. The van der Waals surface area contributed by atoms with Crippen LogP contribution in [0.25, 0.3) is 0 Å². The van der Waals surface area contributed by atoms with Crippen molar-refractivity contribution in [2.75, 3.05) is 10.6 Å². The summed E-state index contributed by atoms with van der Waals surface area (Å²) in [5.74, 6) is -0.252. The third-order valence-electron chi connectivity index (χ3n) is 4.14. The number of hydrogen-bond donors (Lipinski definition) is 3. The molecule has 3 rings (SSSR count). The average molecular weight is 408 g/mol. The van der Waals surface area contributed by atoms with E-state index in [1.807, 2.05) is 0 Å². The van der Waals surface area contributed by atoms with Gasteiger partial charge in [0.1, 0.15) is 16.3 Å². The van der Waals surface area contributed by atoms with Gasteiger partial charge < -0.3 is 19.9 Å². The van der Waals surface area contributed by atoms with Crippen LogP contribution in [0.4, 0.5) is 11.4 Å². The lowest BCUT2D eigenvalue weighted by Gasteiger charge is -2.24. The van der Waals surface area contributed by atoms with Crippen molar-refractivity contribution in [3.63, 3.8) is 0 Å². The Kier molecular flexibility index (Phi) is 5.13. The minimum Gasteiger partial charge on any atom is -0.479 e. The molecule has 1 aromatic carbocycles. The van der Waals surface area contributed by atoms with Gasteiger partial charge in [-0.15, -0.1) is 0 Å². The summed E-state index contributed by atoms with van der Waals surface area (Å²) in [7, 11) is -3.99. The maximum absolute atomic E-state index is 12.5. The normalized spacial score (nSPS) is 17.3. The van der Waals surface area contributed by atoms with Crippen LogP contribution in [-0.4, -0.2) is 37.5 Å². The van der Waals surface area contributed by atoms with Crippen molar-refractivity contribution < 1.29 is 27.3 Å². The first-order valence-electron chi connectivity index (χ1n) is 8.46. The smallest absolute Gasteiger partial charge is 0.265 e. The summed E-state index contributed by atoms with van der Waals surface area (Å²) in [6, 6.07) is 3.67. The number of hydrogen-bond acceptors (Lipinski definition) is 7. The van der Waals surface area contributed by atoms with Crippen molar-refractivity contribution in [3.8, 4) is 5.75 Å². The van der Waals surface area contributed by atoms with Crippen LogP contribution in [0, 0.1) is 13.8 Å². The molecule has 150 valence electrons. The summed E-state index contributed by atoms with van der Waals surface area (Å²) in [6.45, 7) is 6.01. The quantitative estimate of drug-likeness (QED) is 0.678. The summed E-state index contributed by atoms with van der Waals surface area (Å²) in [5, 5.41) is 8.89. The van der Waals surface area contributed by atoms with Gasteiger partial charge in [-0.2, -0.15) is 4.72 Å². The zero-order valence-corrected chi connectivity index (χ0v) is 16.5. The van der Waals surface area contributed by atoms with Crippen LogP contribution in [0.5, 0.6) is 5.75 Å². The SMILES string of the molecule is Cc1noc(C)c1S(=O)(=O)N[C@@H](C)C(=O)Nc1ccc2c(c1)NC(=O)C(C)O2. The molecule has 1 aliphatic rings. The Labute approximate surface area is 161 Å². The van der Waals surface area contributed by atoms with Crippen LogP contribution >= 0.6 is 0 Å². The second-order valence-corrected chi connectivity index (χ2v) is 8.10. The van der Waals surface area contributed by atoms with Crippen LogP contribution in [0.2, 0.25) is 0 Å². The van der Waals surface area contributed by atoms with Crippen LogP contribution in [0.1, 0.15) is 25.3 Å². The van der Waals surface area contributed by atoms with Crippen molar-refractivity contribution in [1.29, 1.82) is 0 Å². The molecule has 10 nitrogen and oxygen atoms in total. The molecule has 0 radical (unpaired) electrons. The van der Waals surface area contributed by atoms with E-state index in [2.05, 4.69) is 20.5 Å². The fraction of sp³-hybridized carbons (Fsp3) is 0.353. The summed E-state index contributed by atoms with van der Waals surface area (Å²) in [5.41, 5.74) is 1.01. The zero-order chi connectivity index (χ0) is 20.6. The average Bonchev–Trinajstić information content (AvgIpc) is 2.95. The lowest BCUT2D eigenvalue weighted by Crippen LogP contribution is -2.41. The highest BCUT2D eigenvalue weighted by Gasteiger charge is 2.28. The van der Waals surface area contributed by atoms with E-state index in [1.54, 1.807) is 19.1 Å². The molecule has 0 saturated heterocycles. The number of ether oxygens (including phenoxy) is 1. The maximum atomic E-state index is 12.5. The van der Waals surface area contributed by atoms with E-state index >= 15 is 0 Å². The monoisotopic (exact) mass is 408 g/mol. The van der Waals surface area contributed by atoms with Gasteiger partial charge in [0, 0.05) is 5.69 Å². The Balaban J connectivity index is 1.71. The van der Waals surface area contributed by atoms with Crippen molar-refractivity contribution >= 4 is 33.2 Å². The number of amides is 2. The molecular formula is C17H20N4O6S. The first-order chi connectivity index (χ1) is 13.1. The number of rotatable bonds is 5. The van der Waals surface area contributed by atoms with Gasteiger partial charge >= 0.3 is 0 Å². The van der Waals surface area contributed by atoms with E-state index in [-0.39, 0.29) is 22.3 Å². The summed E-state index contributed by atoms with van der Waals surface area (Å²) >= 11 is 0. The Morgan fingerprint density at radius 2 is 2.04 bits per heavy atom. The van der Waals surface area contributed by atoms with Gasteiger partial charge in [-0.05, 0) is 45.9 Å². The topological polar surface area (TPSA) is 140 Å². The molecule has 2 heterocycles. The molecule has 3 N–H and O–H groups in total. The van der Waals surface area contributed by atoms with Gasteiger partial charge in [0.15, 0.2) is 11.9 Å². The number of carbonyl (C=O) groups is 2. The van der Waals surface area contributed by atoms with Gasteiger partial charge in [0.05, 0.1) is 11.7 Å². The Hall–Kier alpha value is -2.92. The third-order valence-corrected chi connectivity index (χ3v) is 5.92. The second-order valence-electron chi connectivity index (χ2n) is 6.45. The lowest BCUT2D eigenvalue weighted by atomic mass is 10.2. The third kappa shape index (κ3) is 3.85. The standard InChI is InChI=1S/C17H20N4O6S/c1-8-15(10(3)27-20-8)28(24,25)21-9(2)16(22)18-12-5-6-14-13(7-12)19-17(23)11(4)26-14/h5-7,9,11,21H,1-4H3,(H,18,22)(H,19,23)/t9-,11?/m0/s1. The number of anilines is 2. The second kappa shape index (κ2) is 7.24. The predicted octanol–water partition coefficient (Wildman–Crippen LogP) is 1.32. The van der Waals surface area contributed by atoms with E-state index in [1.165, 1.54) is 26.8 Å². The van der Waals surface area contributed by atoms with E-state index in [0.29, 0.717) is 17.1 Å². The first-order valence-corrected chi connectivity index (χ1v) is 9.94. The Morgan fingerprint density at radius 3 is 2.68 bits per heavy atom. The molecular weight excluding hydrogens is 388 g/mol. The Bertz CT molecular complexity index is 1030. The van der Waals surface area contributed by atoms with Crippen molar-refractivity contribution in [2.24, 2.45) is 0 Å². The fourth-order valence-corrected chi connectivity index (χ4v) is 4.27. The molecule has 11 heteroatoms. The molecule has 1 aliphatic heterocycles. The van der Waals surface area contributed by atoms with E-state index in [9.17, 15) is 18.0 Å². The maximum Gasteiger partial charge on any atom is 0.265 e. The van der Waals surface area contributed by atoms with Gasteiger partial charge in [-0.25, -0.2) is 8.42 Å². The molecule has 0 aliphatic carbocycles.